The molecule has 8 aliphatic rings. The summed E-state index contributed by atoms with van der Waals surface area (Å²) in [5, 5.41) is 32.9. The van der Waals surface area contributed by atoms with Crippen LogP contribution in [-0.4, -0.2) is 168 Å². The number of carbonyl (C=O) groups excluding carboxylic acids is 1. The van der Waals surface area contributed by atoms with Gasteiger partial charge >= 0.3 is 6.09 Å². The van der Waals surface area contributed by atoms with Gasteiger partial charge in [0.2, 0.25) is 11.2 Å². The van der Waals surface area contributed by atoms with Gasteiger partial charge < -0.3 is 66.8 Å². The lowest BCUT2D eigenvalue weighted by atomic mass is 9.84. The molecule has 3 aromatic carbocycles. The highest BCUT2D eigenvalue weighted by molar-refractivity contribution is 6.33. The zero-order chi connectivity index (χ0) is 67.6. The number of carbonyl (C=O) groups is 1. The Labute approximate surface area is 577 Å². The highest BCUT2D eigenvalue weighted by Gasteiger charge is 2.45. The molecular weight excluding hydrogens is 1310 g/mol. The first-order valence-electron chi connectivity index (χ1n) is 32.7. The van der Waals surface area contributed by atoms with Crippen molar-refractivity contribution in [1.82, 2.24) is 40.0 Å². The first-order chi connectivity index (χ1) is 44.6. The lowest BCUT2D eigenvalue weighted by Crippen LogP contribution is -2.55. The number of aliphatic hydroxyl groups is 1. The van der Waals surface area contributed by atoms with E-state index in [0.29, 0.717) is 88.8 Å². The van der Waals surface area contributed by atoms with Crippen LogP contribution in [0, 0.1) is 11.6 Å². The highest BCUT2D eigenvalue weighted by atomic mass is 35.5. The maximum atomic E-state index is 14.6. The predicted octanol–water partition coefficient (Wildman–Crippen LogP) is 14.3. The average molecular weight is 1410 g/mol. The number of epoxide rings is 1. The molecule has 524 valence electrons. The molecule has 10 N–H and O–H groups in total. The summed E-state index contributed by atoms with van der Waals surface area (Å²) in [6.45, 7) is 18.4. The third kappa shape index (κ3) is 21.4. The van der Waals surface area contributed by atoms with Gasteiger partial charge in [0, 0.05) is 71.8 Å². The van der Waals surface area contributed by atoms with Crippen molar-refractivity contribution >= 4 is 87.1 Å². The van der Waals surface area contributed by atoms with Gasteiger partial charge in [0.05, 0.1) is 46.2 Å². The molecule has 27 heteroatoms. The normalized spacial score (nSPS) is 26.3. The molecule has 0 radical (unpaired) electrons. The molecule has 7 aliphatic heterocycles. The number of aromatic hydroxyl groups is 1. The summed E-state index contributed by atoms with van der Waals surface area (Å²) in [5.74, 6) is 0.709. The number of ether oxygens (including phenoxy) is 4. The van der Waals surface area contributed by atoms with E-state index in [1.165, 1.54) is 81.1 Å². The number of phenols is 1. The van der Waals surface area contributed by atoms with Gasteiger partial charge in [-0.25, -0.2) is 27.9 Å². The Morgan fingerprint density at radius 3 is 1.80 bits per heavy atom. The monoisotopic (exact) mass is 1400 g/mol. The molecule has 1 amide bonds. The number of nitrogens with one attached hydrogen (secondary N) is 4. The van der Waals surface area contributed by atoms with Crippen LogP contribution >= 0.6 is 46.4 Å². The summed E-state index contributed by atoms with van der Waals surface area (Å²) in [4.78, 5) is 34.8. The topological polar surface area (TPSA) is 259 Å². The largest absolute Gasteiger partial charge is 0.506 e. The number of amides is 1. The number of aromatic nitrogens is 4. The van der Waals surface area contributed by atoms with Crippen molar-refractivity contribution in [2.45, 2.75) is 223 Å². The Hall–Kier alpha value is -5.76. The number of rotatable bonds is 10. The van der Waals surface area contributed by atoms with Crippen molar-refractivity contribution in [3.05, 3.63) is 99.0 Å². The van der Waals surface area contributed by atoms with Gasteiger partial charge in [-0.1, -0.05) is 55.1 Å². The summed E-state index contributed by atoms with van der Waals surface area (Å²) in [6.07, 6.45) is 15.8. The number of benzene rings is 3. The molecule has 20 nitrogen and oxygen atoms in total. The number of hydrogen-bond donors (Lipinski definition) is 8. The number of fused-ring (bicyclic) bond motifs is 3. The fourth-order valence-electron chi connectivity index (χ4n) is 13.7. The third-order valence-electron chi connectivity index (χ3n) is 18.2. The van der Waals surface area contributed by atoms with Crippen LogP contribution in [0.5, 0.6) is 17.2 Å². The van der Waals surface area contributed by atoms with Crippen molar-refractivity contribution in [2.75, 3.05) is 66.7 Å². The van der Waals surface area contributed by atoms with Gasteiger partial charge in [0.15, 0.2) is 23.3 Å². The summed E-state index contributed by atoms with van der Waals surface area (Å²) < 4.78 is 64.6. The molecule has 13 rings (SSSR count). The van der Waals surface area contributed by atoms with Crippen molar-refractivity contribution in [1.29, 1.82) is 0 Å². The fraction of sp³-hybridized carbons (Fsp3) is 0.603. The smallest absolute Gasteiger partial charge is 0.410 e. The molecule has 10 atom stereocenters. The van der Waals surface area contributed by atoms with E-state index < -0.39 is 47.8 Å². The van der Waals surface area contributed by atoms with Gasteiger partial charge in [0.1, 0.15) is 47.3 Å². The van der Waals surface area contributed by atoms with E-state index in [0.717, 1.165) is 38.4 Å². The molecular formula is C68H96Cl4F3N13O7. The minimum Gasteiger partial charge on any atom is -0.506 e. The average Bonchev–Trinajstić information content (AvgIpc) is 1.74. The van der Waals surface area contributed by atoms with Gasteiger partial charge in [-0.05, 0) is 205 Å². The molecule has 5 aromatic rings. The van der Waals surface area contributed by atoms with E-state index in [2.05, 4.69) is 78.7 Å². The summed E-state index contributed by atoms with van der Waals surface area (Å²) in [6, 6.07) is 16.1. The minimum absolute atomic E-state index is 0. The van der Waals surface area contributed by atoms with Gasteiger partial charge in [-0.2, -0.15) is 9.97 Å². The third-order valence-corrected chi connectivity index (χ3v) is 19.2. The number of hydrogen-bond acceptors (Lipinski definition) is 19. The Morgan fingerprint density at radius 1 is 0.716 bits per heavy atom. The number of nitrogens with two attached hydrogens (primary N) is 2. The minimum atomic E-state index is -1.08. The molecule has 1 saturated carbocycles. The molecule has 2 aromatic heterocycles. The summed E-state index contributed by atoms with van der Waals surface area (Å²) in [5.41, 5.74) is 12.3. The maximum Gasteiger partial charge on any atom is 0.410 e. The molecule has 6 unspecified atom stereocenters. The lowest BCUT2D eigenvalue weighted by molar-refractivity contribution is -0.0374. The van der Waals surface area contributed by atoms with Crippen LogP contribution in [0.25, 0.3) is 0 Å². The molecule has 0 bridgehead atoms. The van der Waals surface area contributed by atoms with E-state index in [1.807, 2.05) is 0 Å². The van der Waals surface area contributed by atoms with Crippen molar-refractivity contribution in [2.24, 2.45) is 0 Å². The van der Waals surface area contributed by atoms with Gasteiger partial charge in [-0.15, -0.1) is 0 Å². The zero-order valence-electron chi connectivity index (χ0n) is 54.6. The molecule has 7 saturated heterocycles. The van der Waals surface area contributed by atoms with Crippen molar-refractivity contribution in [3.63, 3.8) is 0 Å². The van der Waals surface area contributed by atoms with Crippen LogP contribution in [-0.2, 0) is 9.47 Å². The van der Waals surface area contributed by atoms with E-state index in [9.17, 15) is 23.1 Å². The molecule has 95 heavy (non-hydrogen) atoms. The number of phenolic OH excluding ortho intramolecular Hbond substituents is 1. The number of nitrogens with zero attached hydrogens (tertiary/aromatic N) is 7. The Morgan fingerprint density at radius 2 is 1.26 bits per heavy atom. The molecule has 8 fully saturated rings. The van der Waals surface area contributed by atoms with Crippen LogP contribution in [0.3, 0.4) is 0 Å². The van der Waals surface area contributed by atoms with E-state index in [4.69, 9.17) is 81.9 Å². The Kier molecular flexibility index (Phi) is 26.2. The standard InChI is InChI=1S/C25H33ClF2N6O.C16H23ClN2O4.C14H20ClFN4.C6H6ClNO.C6H10O.CH4/c1-25(2)12-16(10-17-4-3-9-34(17)25)31-23-20(28)14-30-24(33-23)32-15-5-6-21(18(26)11-15)35-22-7-8-29-13-19(22)27;1-16(2,3)23-15(21)19-7-6-14(12(20)9-19)22-13-5-4-10(18)8-11(13)17;1-14(2)7-9(6-10-4-3-5-20(10)14)18-12-11(16)8-17-13(15)19-12;7-5-3-4(8)1-2-6(5)9;1-2-4-6-5(3-1)7-6;/h5-6,11,14,16-17,19,22,29H,3-4,7-10,12-13H2,1-2H3,(H2,30,31,32,33);4-5,8,12,14,20H,6-7,9,18H2,1-3H3;8-10H,3-7H2,1-2H3,(H,17,18,19);1-3,9H,8H2;5-6H,1-4H2;1H4/t16-,17+,19?,22?;;9-,10+;;;/m1.1.../s1. The number of anilines is 6. The van der Waals surface area contributed by atoms with Crippen LogP contribution in [0.4, 0.5) is 52.6 Å². The second-order valence-corrected chi connectivity index (χ2v) is 29.2. The van der Waals surface area contributed by atoms with E-state index >= 15 is 0 Å². The van der Waals surface area contributed by atoms with Crippen molar-refractivity contribution in [3.8, 4) is 17.2 Å². The van der Waals surface area contributed by atoms with Gasteiger partial charge in [-0.3, -0.25) is 9.80 Å². The number of β-amino-alcohol motifs (C(OH)–C–C–N with tert-alkyl or cyclic N) is 1. The predicted molar refractivity (Wildman–Crippen MR) is 372 cm³/mol. The maximum absolute atomic E-state index is 14.6. The number of alkyl halides is 1. The number of likely N-dealkylation sites (tertiary alicyclic amines) is 1. The molecule has 9 heterocycles. The van der Waals surface area contributed by atoms with Crippen LogP contribution in [0.15, 0.2) is 67.0 Å². The number of nitrogen functional groups attached to an aromatic ring is 2. The van der Waals surface area contributed by atoms with Gasteiger partial charge in [0.25, 0.3) is 0 Å². The Balaban J connectivity index is 0.000000167. The zero-order valence-corrected chi connectivity index (χ0v) is 57.7. The first-order valence-corrected chi connectivity index (χ1v) is 34.2. The quantitative estimate of drug-likeness (QED) is 0.0280. The van der Waals surface area contributed by atoms with Crippen molar-refractivity contribution < 1.29 is 47.1 Å². The lowest BCUT2D eigenvalue weighted by Gasteiger charge is -2.47. The molecule has 0 spiro atoms. The van der Waals surface area contributed by atoms with Crippen LogP contribution in [0.1, 0.15) is 146 Å². The first kappa shape index (κ1) is 75.0. The molecule has 1 aliphatic carbocycles. The number of halogens is 7. The van der Waals surface area contributed by atoms with E-state index in [1.54, 1.807) is 63.2 Å². The SMILES string of the molecule is C.C1CCC2OC2C1.CC(C)(C)OC(=O)N1CCC(Oc2ccc(N)cc2Cl)C(O)C1.CC1(C)C[C@H](Nc2nc(Cl)ncc2F)C[C@@H]2CCCN21.CC1(C)C[C@H](Nc2nc(Nc3ccc(OC4CCNCC4F)c(Cl)c3)ncc2F)C[C@@H]2CCCN21.Nc1ccc(O)c(Cl)c1. The van der Waals surface area contributed by atoms with Crippen LogP contribution < -0.4 is 42.2 Å². The summed E-state index contributed by atoms with van der Waals surface area (Å²) in [7, 11) is 0. The Bertz CT molecular complexity index is 3340. The summed E-state index contributed by atoms with van der Waals surface area (Å²) >= 11 is 23.7. The second kappa shape index (κ2) is 33.2. The number of piperidine rings is 4. The van der Waals surface area contributed by atoms with E-state index in [-0.39, 0.29) is 77.3 Å². The second-order valence-electron chi connectivity index (χ2n) is 27.7. The van der Waals surface area contributed by atoms with Crippen LogP contribution in [0.2, 0.25) is 20.4 Å². The highest BCUT2D eigenvalue weighted by Crippen LogP contribution is 2.41. The fourth-order valence-corrected chi connectivity index (χ4v) is 14.5. The number of aliphatic hydroxyl groups excluding tert-OH is 1.